The molecule has 1 aliphatic heterocycles. The van der Waals surface area contributed by atoms with E-state index >= 15 is 0 Å². The Balaban J connectivity index is 2.20. The Kier molecular flexibility index (Phi) is 2.86. The average Bonchev–Trinajstić information content (AvgIpc) is 2.30. The van der Waals surface area contributed by atoms with Gasteiger partial charge in [0, 0.05) is 19.6 Å². The molecule has 2 heterocycles. The number of nitrogens with zero attached hydrogens (tertiary/aromatic N) is 3. The molecule has 0 radical (unpaired) electrons. The van der Waals surface area contributed by atoms with E-state index in [1.807, 2.05) is 0 Å². The number of nitrogens with one attached hydrogen (secondary N) is 1. The van der Waals surface area contributed by atoms with Gasteiger partial charge in [0.25, 0.3) is 0 Å². The predicted molar refractivity (Wildman–Crippen MR) is 52.1 cm³/mol. The third-order valence-corrected chi connectivity index (χ3v) is 2.30. The lowest BCUT2D eigenvalue weighted by molar-refractivity contribution is -0.109. The van der Waals surface area contributed by atoms with Crippen LogP contribution in [0.4, 0.5) is 10.3 Å². The number of halogens is 1. The summed E-state index contributed by atoms with van der Waals surface area (Å²) in [6.45, 7) is 1.99. The summed E-state index contributed by atoms with van der Waals surface area (Å²) in [5.41, 5.74) is 0. The third kappa shape index (κ3) is 2.10. The van der Waals surface area contributed by atoms with Crippen molar-refractivity contribution in [3.8, 4) is 0 Å². The van der Waals surface area contributed by atoms with Gasteiger partial charge in [0.05, 0.1) is 18.4 Å². The van der Waals surface area contributed by atoms with Gasteiger partial charge in [0.15, 0.2) is 5.82 Å². The van der Waals surface area contributed by atoms with Crippen LogP contribution in [0.25, 0.3) is 0 Å². The molecule has 1 aromatic heterocycles. The lowest BCUT2D eigenvalue weighted by Crippen LogP contribution is -2.52. The molecule has 1 unspecified atom stereocenters. The fourth-order valence-corrected chi connectivity index (χ4v) is 1.55. The highest BCUT2D eigenvalue weighted by Gasteiger charge is 2.23. The number of rotatable bonds is 2. The van der Waals surface area contributed by atoms with Crippen molar-refractivity contribution < 1.29 is 9.18 Å². The number of aromatic nitrogens is 2. The molecule has 6 heteroatoms. The molecule has 0 bridgehead atoms. The Morgan fingerprint density at radius 2 is 2.27 bits per heavy atom. The monoisotopic (exact) mass is 210 g/mol. The number of carbonyl (C=O) groups is 1. The quantitative estimate of drug-likeness (QED) is 0.673. The molecule has 2 rings (SSSR count). The molecule has 1 fully saturated rings. The Hall–Kier alpha value is -1.56. The first-order chi connectivity index (χ1) is 7.31. The number of hydrogen-bond acceptors (Lipinski definition) is 5. The number of anilines is 1. The van der Waals surface area contributed by atoms with Gasteiger partial charge in [-0.25, -0.2) is 14.4 Å². The Bertz CT molecular complexity index is 342. The van der Waals surface area contributed by atoms with E-state index in [4.69, 9.17) is 0 Å². The molecule has 0 amide bonds. The maximum Gasteiger partial charge on any atom is 0.226 e. The van der Waals surface area contributed by atoms with Crippen LogP contribution in [0.3, 0.4) is 0 Å². The molecule has 1 aromatic rings. The maximum atomic E-state index is 12.6. The molecule has 1 N–H and O–H groups in total. The molecular formula is C9H11FN4O. The summed E-state index contributed by atoms with van der Waals surface area (Å²) >= 11 is 0. The fraction of sp³-hybridized carbons (Fsp3) is 0.444. The summed E-state index contributed by atoms with van der Waals surface area (Å²) in [5.74, 6) is -0.0773. The molecule has 1 aliphatic rings. The zero-order chi connectivity index (χ0) is 10.7. The summed E-state index contributed by atoms with van der Waals surface area (Å²) in [6, 6.07) is -0.274. The molecular weight excluding hydrogens is 199 g/mol. The number of aldehydes is 1. The topological polar surface area (TPSA) is 58.1 Å². The van der Waals surface area contributed by atoms with Gasteiger partial charge in [-0.15, -0.1) is 0 Å². The Morgan fingerprint density at radius 1 is 1.53 bits per heavy atom. The summed E-state index contributed by atoms with van der Waals surface area (Å²) in [4.78, 5) is 20.3. The van der Waals surface area contributed by atoms with E-state index in [9.17, 15) is 9.18 Å². The van der Waals surface area contributed by atoms with Gasteiger partial charge >= 0.3 is 0 Å². The molecule has 0 aromatic carbocycles. The van der Waals surface area contributed by atoms with Crippen LogP contribution in [-0.4, -0.2) is 41.9 Å². The van der Waals surface area contributed by atoms with E-state index in [0.29, 0.717) is 19.0 Å². The summed E-state index contributed by atoms with van der Waals surface area (Å²) < 4.78 is 12.6. The predicted octanol–water partition coefficient (Wildman–Crippen LogP) is -0.407. The van der Waals surface area contributed by atoms with Crippen molar-refractivity contribution in [2.45, 2.75) is 6.04 Å². The number of piperazine rings is 1. The lowest BCUT2D eigenvalue weighted by atomic mass is 10.2. The van der Waals surface area contributed by atoms with Crippen LogP contribution in [0.5, 0.6) is 0 Å². The molecule has 0 saturated carbocycles. The minimum Gasteiger partial charge on any atom is -0.329 e. The lowest BCUT2D eigenvalue weighted by Gasteiger charge is -2.32. The molecule has 1 atom stereocenters. The minimum atomic E-state index is -0.475. The highest BCUT2D eigenvalue weighted by molar-refractivity contribution is 5.64. The first-order valence-electron chi connectivity index (χ1n) is 4.71. The highest BCUT2D eigenvalue weighted by atomic mass is 19.1. The van der Waals surface area contributed by atoms with Crippen molar-refractivity contribution >= 4 is 12.2 Å². The second kappa shape index (κ2) is 4.31. The van der Waals surface area contributed by atoms with Crippen LogP contribution >= 0.6 is 0 Å². The Labute approximate surface area is 86.3 Å². The Morgan fingerprint density at radius 3 is 2.93 bits per heavy atom. The van der Waals surface area contributed by atoms with Crippen molar-refractivity contribution in [2.24, 2.45) is 0 Å². The average molecular weight is 210 g/mol. The van der Waals surface area contributed by atoms with Crippen LogP contribution in [0, 0.1) is 5.82 Å². The number of hydrogen-bond donors (Lipinski definition) is 1. The second-order valence-corrected chi connectivity index (χ2v) is 3.30. The van der Waals surface area contributed by atoms with Gasteiger partial charge in [-0.3, -0.25) is 0 Å². The molecule has 1 saturated heterocycles. The fourth-order valence-electron chi connectivity index (χ4n) is 1.55. The van der Waals surface area contributed by atoms with E-state index < -0.39 is 5.82 Å². The van der Waals surface area contributed by atoms with Gasteiger partial charge in [0.1, 0.15) is 6.29 Å². The second-order valence-electron chi connectivity index (χ2n) is 3.30. The third-order valence-electron chi connectivity index (χ3n) is 2.30. The number of carbonyl (C=O) groups excluding carboxylic acids is 1. The minimum absolute atomic E-state index is 0.274. The largest absolute Gasteiger partial charge is 0.329 e. The van der Waals surface area contributed by atoms with Gasteiger partial charge in [0.2, 0.25) is 5.95 Å². The van der Waals surface area contributed by atoms with E-state index in [1.54, 1.807) is 4.90 Å². The first-order valence-corrected chi connectivity index (χ1v) is 4.71. The molecule has 0 spiro atoms. The molecule has 15 heavy (non-hydrogen) atoms. The van der Waals surface area contributed by atoms with E-state index in [2.05, 4.69) is 15.3 Å². The van der Waals surface area contributed by atoms with Crippen molar-refractivity contribution in [1.82, 2.24) is 15.3 Å². The van der Waals surface area contributed by atoms with E-state index in [-0.39, 0.29) is 6.04 Å². The van der Waals surface area contributed by atoms with Crippen LogP contribution < -0.4 is 10.2 Å². The van der Waals surface area contributed by atoms with Gasteiger partial charge in [-0.1, -0.05) is 0 Å². The summed E-state index contributed by atoms with van der Waals surface area (Å²) in [7, 11) is 0. The van der Waals surface area contributed by atoms with E-state index in [0.717, 1.165) is 25.2 Å². The molecule has 80 valence electrons. The van der Waals surface area contributed by atoms with Crippen molar-refractivity contribution in [3.05, 3.63) is 18.2 Å². The smallest absolute Gasteiger partial charge is 0.226 e. The van der Waals surface area contributed by atoms with Crippen LogP contribution in [0.2, 0.25) is 0 Å². The van der Waals surface area contributed by atoms with Crippen molar-refractivity contribution in [1.29, 1.82) is 0 Å². The van der Waals surface area contributed by atoms with Gasteiger partial charge in [-0.05, 0) is 0 Å². The zero-order valence-corrected chi connectivity index (χ0v) is 8.06. The van der Waals surface area contributed by atoms with Crippen LogP contribution in [0.15, 0.2) is 12.4 Å². The van der Waals surface area contributed by atoms with Crippen molar-refractivity contribution in [2.75, 3.05) is 24.5 Å². The summed E-state index contributed by atoms with van der Waals surface area (Å²) in [6.07, 6.45) is 3.05. The SMILES string of the molecule is O=CC1CNCCN1c1ncc(F)cn1. The normalized spacial score (nSPS) is 21.4. The molecule has 0 aliphatic carbocycles. The standard InChI is InChI=1S/C9H11FN4O/c10-7-3-12-9(13-4-7)14-2-1-11-5-8(14)6-15/h3-4,6,8,11H,1-2,5H2. The maximum absolute atomic E-state index is 12.6. The molecule has 5 nitrogen and oxygen atoms in total. The summed E-state index contributed by atoms with van der Waals surface area (Å²) in [5, 5.41) is 3.09. The van der Waals surface area contributed by atoms with Gasteiger partial charge in [-0.2, -0.15) is 0 Å². The van der Waals surface area contributed by atoms with Crippen molar-refractivity contribution in [3.63, 3.8) is 0 Å². The first kappa shape index (κ1) is 9.97. The van der Waals surface area contributed by atoms with Crippen LogP contribution in [-0.2, 0) is 4.79 Å². The van der Waals surface area contributed by atoms with Gasteiger partial charge < -0.3 is 15.0 Å². The zero-order valence-electron chi connectivity index (χ0n) is 8.06. The van der Waals surface area contributed by atoms with Crippen LogP contribution in [0.1, 0.15) is 0 Å². The highest BCUT2D eigenvalue weighted by Crippen LogP contribution is 2.11. The van der Waals surface area contributed by atoms with E-state index in [1.165, 1.54) is 0 Å².